The minimum atomic E-state index is -0.806. The zero-order valence-corrected chi connectivity index (χ0v) is 11.6. The summed E-state index contributed by atoms with van der Waals surface area (Å²) in [5.74, 6) is 0. The quantitative estimate of drug-likeness (QED) is 0.763. The van der Waals surface area contributed by atoms with E-state index in [1.807, 2.05) is 30.3 Å². The third kappa shape index (κ3) is 4.77. The van der Waals surface area contributed by atoms with Gasteiger partial charge in [-0.1, -0.05) is 51.1 Å². The molecule has 1 aromatic carbocycles. The number of nitrogens with two attached hydrogens (primary N) is 1. The van der Waals surface area contributed by atoms with Gasteiger partial charge in [0, 0.05) is 6.61 Å². The first-order valence-corrected chi connectivity index (χ1v) is 6.40. The molecular weight excluding hydrogens is 226 g/mol. The maximum Gasteiger partial charge on any atom is 0.0881 e. The molecule has 0 aromatic heterocycles. The van der Waals surface area contributed by atoms with Gasteiger partial charge in [0.05, 0.1) is 18.8 Å². The Balaban J connectivity index is 2.52. The number of rotatable bonds is 6. The lowest BCUT2D eigenvalue weighted by atomic mass is 9.92. The highest BCUT2D eigenvalue weighted by Crippen LogP contribution is 2.21. The van der Waals surface area contributed by atoms with Crippen LogP contribution in [0.25, 0.3) is 0 Å². The van der Waals surface area contributed by atoms with E-state index in [9.17, 15) is 5.11 Å². The Morgan fingerprint density at radius 3 is 2.28 bits per heavy atom. The van der Waals surface area contributed by atoms with Crippen molar-refractivity contribution in [2.45, 2.75) is 32.7 Å². The van der Waals surface area contributed by atoms with Gasteiger partial charge in [0.1, 0.15) is 0 Å². The molecule has 1 atom stereocenters. The molecule has 0 bridgehead atoms. The van der Waals surface area contributed by atoms with Crippen LogP contribution in [0.15, 0.2) is 30.3 Å². The molecule has 0 aliphatic rings. The Hall–Kier alpha value is -0.900. The smallest absolute Gasteiger partial charge is 0.0881 e. The van der Waals surface area contributed by atoms with Crippen LogP contribution in [0.3, 0.4) is 0 Å². The SMILES string of the molecule is CC(C)(C)CCOCC(N)(CO)c1ccccc1. The van der Waals surface area contributed by atoms with E-state index in [1.165, 1.54) is 0 Å². The molecule has 0 aliphatic heterocycles. The molecule has 1 unspecified atom stereocenters. The van der Waals surface area contributed by atoms with Crippen LogP contribution in [-0.2, 0) is 10.3 Å². The van der Waals surface area contributed by atoms with Gasteiger partial charge in [0.15, 0.2) is 0 Å². The van der Waals surface area contributed by atoms with Gasteiger partial charge in [-0.2, -0.15) is 0 Å². The highest BCUT2D eigenvalue weighted by molar-refractivity contribution is 5.24. The number of aliphatic hydroxyl groups excluding tert-OH is 1. The Morgan fingerprint density at radius 1 is 1.17 bits per heavy atom. The Bertz CT molecular complexity index is 345. The first-order valence-electron chi connectivity index (χ1n) is 6.40. The fourth-order valence-corrected chi connectivity index (χ4v) is 1.62. The summed E-state index contributed by atoms with van der Waals surface area (Å²) in [4.78, 5) is 0. The van der Waals surface area contributed by atoms with Crippen molar-refractivity contribution in [1.82, 2.24) is 0 Å². The fourth-order valence-electron chi connectivity index (χ4n) is 1.62. The van der Waals surface area contributed by atoms with E-state index in [1.54, 1.807) is 0 Å². The topological polar surface area (TPSA) is 55.5 Å². The highest BCUT2D eigenvalue weighted by Gasteiger charge is 2.26. The van der Waals surface area contributed by atoms with E-state index in [2.05, 4.69) is 20.8 Å². The predicted molar refractivity (Wildman–Crippen MR) is 74.3 cm³/mol. The minimum Gasteiger partial charge on any atom is -0.394 e. The van der Waals surface area contributed by atoms with Gasteiger partial charge in [-0.15, -0.1) is 0 Å². The fraction of sp³-hybridized carbons (Fsp3) is 0.600. The molecule has 3 nitrogen and oxygen atoms in total. The van der Waals surface area contributed by atoms with Gasteiger partial charge < -0.3 is 15.6 Å². The van der Waals surface area contributed by atoms with Gasteiger partial charge in [-0.3, -0.25) is 0 Å². The molecule has 0 aliphatic carbocycles. The number of benzene rings is 1. The third-order valence-electron chi connectivity index (χ3n) is 2.99. The van der Waals surface area contributed by atoms with Crippen LogP contribution in [0.1, 0.15) is 32.8 Å². The zero-order chi connectivity index (χ0) is 13.6. The summed E-state index contributed by atoms with van der Waals surface area (Å²) in [5, 5.41) is 9.49. The number of hydrogen-bond donors (Lipinski definition) is 2. The van der Waals surface area contributed by atoms with Crippen LogP contribution >= 0.6 is 0 Å². The molecule has 0 amide bonds. The highest BCUT2D eigenvalue weighted by atomic mass is 16.5. The van der Waals surface area contributed by atoms with Crippen LogP contribution in [-0.4, -0.2) is 24.9 Å². The zero-order valence-electron chi connectivity index (χ0n) is 11.6. The Morgan fingerprint density at radius 2 is 1.78 bits per heavy atom. The molecule has 0 heterocycles. The molecule has 102 valence electrons. The minimum absolute atomic E-state index is 0.119. The molecule has 0 saturated heterocycles. The molecule has 3 heteroatoms. The van der Waals surface area contributed by atoms with Crippen LogP contribution in [0.5, 0.6) is 0 Å². The largest absolute Gasteiger partial charge is 0.394 e. The molecule has 0 spiro atoms. The van der Waals surface area contributed by atoms with E-state index in [4.69, 9.17) is 10.5 Å². The second kappa shape index (κ2) is 6.32. The van der Waals surface area contributed by atoms with Gasteiger partial charge in [0.25, 0.3) is 0 Å². The maximum absolute atomic E-state index is 9.49. The normalized spacial score (nSPS) is 15.4. The molecule has 0 saturated carbocycles. The summed E-state index contributed by atoms with van der Waals surface area (Å²) in [6.45, 7) is 7.41. The van der Waals surface area contributed by atoms with Gasteiger partial charge >= 0.3 is 0 Å². The number of hydrogen-bond acceptors (Lipinski definition) is 3. The van der Waals surface area contributed by atoms with E-state index < -0.39 is 5.54 Å². The van der Waals surface area contributed by atoms with Crippen molar-refractivity contribution < 1.29 is 9.84 Å². The van der Waals surface area contributed by atoms with E-state index >= 15 is 0 Å². The second-order valence-electron chi connectivity index (χ2n) is 6.04. The average Bonchev–Trinajstić information content (AvgIpc) is 2.34. The first kappa shape index (κ1) is 15.2. The van der Waals surface area contributed by atoms with Gasteiger partial charge in [-0.25, -0.2) is 0 Å². The summed E-state index contributed by atoms with van der Waals surface area (Å²) in [7, 11) is 0. The van der Waals surface area contributed by atoms with Gasteiger partial charge in [0.2, 0.25) is 0 Å². The van der Waals surface area contributed by atoms with Crippen molar-refractivity contribution in [3.63, 3.8) is 0 Å². The Labute approximate surface area is 110 Å². The first-order chi connectivity index (χ1) is 8.37. The van der Waals surface area contributed by atoms with Crippen molar-refractivity contribution in [1.29, 1.82) is 0 Å². The second-order valence-corrected chi connectivity index (χ2v) is 6.04. The van der Waals surface area contributed by atoms with Crippen LogP contribution in [0.4, 0.5) is 0 Å². The van der Waals surface area contributed by atoms with E-state index in [0.29, 0.717) is 13.2 Å². The summed E-state index contributed by atoms with van der Waals surface area (Å²) in [6.07, 6.45) is 0.975. The van der Waals surface area contributed by atoms with Gasteiger partial charge in [-0.05, 0) is 17.4 Å². The molecule has 0 radical (unpaired) electrons. The summed E-state index contributed by atoms with van der Waals surface area (Å²) >= 11 is 0. The maximum atomic E-state index is 9.49. The monoisotopic (exact) mass is 251 g/mol. The molecule has 1 aromatic rings. The predicted octanol–water partition coefficient (Wildman–Crippen LogP) is 2.29. The van der Waals surface area contributed by atoms with Crippen molar-refractivity contribution in [2.24, 2.45) is 11.1 Å². The van der Waals surface area contributed by atoms with E-state index in [0.717, 1.165) is 12.0 Å². The summed E-state index contributed by atoms with van der Waals surface area (Å²) in [6, 6.07) is 9.61. The third-order valence-corrected chi connectivity index (χ3v) is 2.99. The average molecular weight is 251 g/mol. The summed E-state index contributed by atoms with van der Waals surface area (Å²) in [5.41, 5.74) is 6.55. The molecular formula is C15H25NO2. The van der Waals surface area contributed by atoms with Crippen molar-refractivity contribution in [2.75, 3.05) is 19.8 Å². The molecule has 1 rings (SSSR count). The number of ether oxygens (including phenoxy) is 1. The Kier molecular flexibility index (Phi) is 5.32. The molecule has 0 fully saturated rings. The van der Waals surface area contributed by atoms with Crippen LogP contribution in [0, 0.1) is 5.41 Å². The number of aliphatic hydroxyl groups is 1. The summed E-state index contributed by atoms with van der Waals surface area (Å²) < 4.78 is 5.64. The molecule has 18 heavy (non-hydrogen) atoms. The van der Waals surface area contributed by atoms with Crippen LogP contribution < -0.4 is 5.73 Å². The van der Waals surface area contributed by atoms with E-state index in [-0.39, 0.29) is 12.0 Å². The lowest BCUT2D eigenvalue weighted by Gasteiger charge is -2.28. The lowest BCUT2D eigenvalue weighted by Crippen LogP contribution is -2.45. The standard InChI is InChI=1S/C15H25NO2/c1-14(2,3)9-10-18-12-15(16,11-17)13-7-5-4-6-8-13/h4-8,17H,9-12,16H2,1-3H3. The van der Waals surface area contributed by atoms with Crippen molar-refractivity contribution >= 4 is 0 Å². The van der Waals surface area contributed by atoms with Crippen LogP contribution in [0.2, 0.25) is 0 Å². The van der Waals surface area contributed by atoms with Crippen molar-refractivity contribution in [3.8, 4) is 0 Å². The lowest BCUT2D eigenvalue weighted by molar-refractivity contribution is 0.0419. The van der Waals surface area contributed by atoms with Crippen molar-refractivity contribution in [3.05, 3.63) is 35.9 Å². The molecule has 3 N–H and O–H groups in total.